The molecule has 0 aliphatic carbocycles. The number of likely N-dealkylation sites (tertiary alicyclic amines) is 1. The Balaban J connectivity index is 1.76. The van der Waals surface area contributed by atoms with Crippen LogP contribution in [0.2, 0.25) is 0 Å². The largest absolute Gasteiger partial charge is 0.444 e. The first kappa shape index (κ1) is 26.6. The minimum Gasteiger partial charge on any atom is -0.444 e. The molecule has 7 nitrogen and oxygen atoms in total. The van der Waals surface area contributed by atoms with Gasteiger partial charge in [0.1, 0.15) is 17.2 Å². The number of fused-ring (bicyclic) bond motifs is 1. The summed E-state index contributed by atoms with van der Waals surface area (Å²) in [6, 6.07) is 6.36. The lowest BCUT2D eigenvalue weighted by atomic mass is 9.89. The highest BCUT2D eigenvalue weighted by atomic mass is 19.1. The van der Waals surface area contributed by atoms with Gasteiger partial charge in [0, 0.05) is 42.9 Å². The number of hydrogen-bond donors (Lipinski definition) is 0. The second-order valence-corrected chi connectivity index (χ2v) is 11.4. The van der Waals surface area contributed by atoms with Crippen LogP contribution in [0.15, 0.2) is 36.7 Å². The van der Waals surface area contributed by atoms with Crippen molar-refractivity contribution in [1.82, 2.24) is 19.2 Å². The molecule has 0 atom stereocenters. The molecule has 198 valence electrons. The van der Waals surface area contributed by atoms with Crippen LogP contribution >= 0.6 is 0 Å². The summed E-state index contributed by atoms with van der Waals surface area (Å²) in [5, 5.41) is 0. The maximum Gasteiger partial charge on any atom is 0.410 e. The summed E-state index contributed by atoms with van der Waals surface area (Å²) in [6.45, 7) is 16.4. The monoisotopic (exact) mass is 508 g/mol. The second-order valence-electron chi connectivity index (χ2n) is 11.4. The van der Waals surface area contributed by atoms with E-state index in [0.29, 0.717) is 24.2 Å². The number of aryl methyl sites for hydroxylation is 1. The molecule has 3 aromatic rings. The van der Waals surface area contributed by atoms with E-state index >= 15 is 0 Å². The minimum atomic E-state index is -0.548. The van der Waals surface area contributed by atoms with Gasteiger partial charge in [0.25, 0.3) is 5.91 Å². The number of amides is 2. The Morgan fingerprint density at radius 1 is 1.08 bits per heavy atom. The zero-order valence-corrected chi connectivity index (χ0v) is 23.0. The van der Waals surface area contributed by atoms with Gasteiger partial charge in [0.15, 0.2) is 0 Å². The van der Waals surface area contributed by atoms with Gasteiger partial charge in [0.05, 0.1) is 17.3 Å². The van der Waals surface area contributed by atoms with E-state index in [1.54, 1.807) is 22.1 Å². The number of imidazole rings is 1. The summed E-state index contributed by atoms with van der Waals surface area (Å²) in [5.74, 6) is 0.254. The number of benzene rings is 1. The Kier molecular flexibility index (Phi) is 7.06. The van der Waals surface area contributed by atoms with Gasteiger partial charge in [-0.2, -0.15) is 0 Å². The molecule has 1 aliphatic heterocycles. The van der Waals surface area contributed by atoms with Gasteiger partial charge in [-0.25, -0.2) is 14.2 Å². The Morgan fingerprint density at radius 3 is 2.32 bits per heavy atom. The Labute approximate surface area is 218 Å². The van der Waals surface area contributed by atoms with E-state index in [1.807, 2.05) is 72.1 Å². The summed E-state index contributed by atoms with van der Waals surface area (Å²) >= 11 is 0. The third-order valence-electron chi connectivity index (χ3n) is 6.70. The number of rotatable bonds is 5. The molecule has 0 spiro atoms. The van der Waals surface area contributed by atoms with E-state index in [-0.39, 0.29) is 30.0 Å². The normalized spacial score (nSPS) is 14.4. The number of carbonyl (C=O) groups excluding carboxylic acids is 2. The lowest BCUT2D eigenvalue weighted by molar-refractivity contribution is 0.00815. The summed E-state index contributed by atoms with van der Waals surface area (Å²) in [5.41, 5.74) is 3.11. The molecule has 0 unspecified atom stereocenters. The standard InChI is InChI=1S/C29H37FN4O3/c1-17(2)34(18(3)4)27(35)25-12-22(30)9-10-23(25)24-11-20(16-33-19(5)31-13-26(24)33)21-14-32(15-21)28(36)37-29(6,7)8/h9-13,16-18,21H,14-15H2,1-8H3. The minimum absolute atomic E-state index is 0.0407. The van der Waals surface area contributed by atoms with Gasteiger partial charge in [-0.15, -0.1) is 0 Å². The van der Waals surface area contributed by atoms with Crippen molar-refractivity contribution in [2.24, 2.45) is 0 Å². The fourth-order valence-electron chi connectivity index (χ4n) is 4.98. The fourth-order valence-corrected chi connectivity index (χ4v) is 4.98. The molecule has 0 N–H and O–H groups in total. The summed E-state index contributed by atoms with van der Waals surface area (Å²) in [6.07, 6.45) is 3.50. The predicted molar refractivity (Wildman–Crippen MR) is 142 cm³/mol. The number of hydrogen-bond acceptors (Lipinski definition) is 4. The smallest absolute Gasteiger partial charge is 0.410 e. The topological polar surface area (TPSA) is 67.2 Å². The van der Waals surface area contributed by atoms with E-state index in [0.717, 1.165) is 22.5 Å². The van der Waals surface area contributed by atoms with Gasteiger partial charge >= 0.3 is 6.09 Å². The lowest BCUT2D eigenvalue weighted by Crippen LogP contribution is -2.50. The van der Waals surface area contributed by atoms with E-state index in [4.69, 9.17) is 4.74 Å². The van der Waals surface area contributed by atoms with E-state index in [1.165, 1.54) is 12.1 Å². The quantitative estimate of drug-likeness (QED) is 0.421. The van der Waals surface area contributed by atoms with Crippen LogP contribution in [0.1, 0.15) is 76.1 Å². The van der Waals surface area contributed by atoms with Crippen molar-refractivity contribution in [2.75, 3.05) is 13.1 Å². The van der Waals surface area contributed by atoms with Crippen molar-refractivity contribution in [3.63, 3.8) is 0 Å². The molecule has 0 bridgehead atoms. The van der Waals surface area contributed by atoms with Gasteiger partial charge in [-0.1, -0.05) is 6.07 Å². The van der Waals surface area contributed by atoms with Crippen molar-refractivity contribution in [2.45, 2.75) is 79.0 Å². The van der Waals surface area contributed by atoms with Crippen molar-refractivity contribution >= 4 is 17.5 Å². The third kappa shape index (κ3) is 5.33. The van der Waals surface area contributed by atoms with Crippen LogP contribution in [0.25, 0.3) is 16.6 Å². The van der Waals surface area contributed by atoms with Crippen LogP contribution in [-0.2, 0) is 4.74 Å². The molecule has 1 saturated heterocycles. The number of ether oxygens (including phenoxy) is 1. The summed E-state index contributed by atoms with van der Waals surface area (Å²) < 4.78 is 22.0. The molecule has 1 fully saturated rings. The van der Waals surface area contributed by atoms with Crippen LogP contribution in [0.5, 0.6) is 0 Å². The number of nitrogens with zero attached hydrogens (tertiary/aromatic N) is 4. The molecule has 2 amide bonds. The highest BCUT2D eigenvalue weighted by molar-refractivity contribution is 6.03. The van der Waals surface area contributed by atoms with Crippen molar-refractivity contribution in [3.05, 3.63) is 59.4 Å². The molecule has 3 heterocycles. The zero-order valence-electron chi connectivity index (χ0n) is 23.0. The highest BCUT2D eigenvalue weighted by Crippen LogP contribution is 2.36. The molecule has 8 heteroatoms. The summed E-state index contributed by atoms with van der Waals surface area (Å²) in [7, 11) is 0. The van der Waals surface area contributed by atoms with Gasteiger partial charge in [-0.3, -0.25) is 4.79 Å². The Bertz CT molecular complexity index is 1320. The van der Waals surface area contributed by atoms with Crippen molar-refractivity contribution < 1.29 is 18.7 Å². The molecule has 0 radical (unpaired) electrons. The fraction of sp³-hybridized carbons (Fsp3) is 0.483. The average Bonchev–Trinajstić information content (AvgIpc) is 3.11. The van der Waals surface area contributed by atoms with Gasteiger partial charge < -0.3 is 18.9 Å². The van der Waals surface area contributed by atoms with E-state index in [2.05, 4.69) is 4.98 Å². The molecule has 1 aliphatic rings. The number of pyridine rings is 1. The predicted octanol–water partition coefficient (Wildman–Crippen LogP) is 6.04. The van der Waals surface area contributed by atoms with Crippen LogP contribution in [0.4, 0.5) is 9.18 Å². The third-order valence-corrected chi connectivity index (χ3v) is 6.70. The van der Waals surface area contributed by atoms with Crippen LogP contribution < -0.4 is 0 Å². The molecule has 0 saturated carbocycles. The molecule has 2 aromatic heterocycles. The molecule has 1 aromatic carbocycles. The van der Waals surface area contributed by atoms with Crippen LogP contribution in [-0.4, -0.2) is 62.0 Å². The molecule has 37 heavy (non-hydrogen) atoms. The average molecular weight is 509 g/mol. The van der Waals surface area contributed by atoms with Crippen LogP contribution in [0.3, 0.4) is 0 Å². The Hall–Kier alpha value is -3.42. The highest BCUT2D eigenvalue weighted by Gasteiger charge is 2.35. The first-order chi connectivity index (χ1) is 17.3. The van der Waals surface area contributed by atoms with Crippen LogP contribution in [0, 0.1) is 12.7 Å². The van der Waals surface area contributed by atoms with Gasteiger partial charge in [0.2, 0.25) is 0 Å². The Morgan fingerprint density at radius 2 is 1.73 bits per heavy atom. The zero-order chi connectivity index (χ0) is 27.2. The van der Waals surface area contributed by atoms with E-state index in [9.17, 15) is 14.0 Å². The SMILES string of the molecule is Cc1ncc2c(-c3ccc(F)cc3C(=O)N(C(C)C)C(C)C)cc(C3CN(C(=O)OC(C)(C)C)C3)cn12. The first-order valence-corrected chi connectivity index (χ1v) is 12.8. The second kappa shape index (κ2) is 9.80. The number of aromatic nitrogens is 2. The number of halogens is 1. The first-order valence-electron chi connectivity index (χ1n) is 12.8. The molecule has 4 rings (SSSR count). The number of carbonyl (C=O) groups is 2. The maximum atomic E-state index is 14.5. The summed E-state index contributed by atoms with van der Waals surface area (Å²) in [4.78, 5) is 34.1. The lowest BCUT2D eigenvalue weighted by Gasteiger charge is -2.40. The maximum absolute atomic E-state index is 14.5. The molecular formula is C29H37FN4O3. The van der Waals surface area contributed by atoms with Crippen molar-refractivity contribution in [1.29, 1.82) is 0 Å². The van der Waals surface area contributed by atoms with Gasteiger partial charge in [-0.05, 0) is 84.7 Å². The van der Waals surface area contributed by atoms with Crippen molar-refractivity contribution in [3.8, 4) is 11.1 Å². The van der Waals surface area contributed by atoms with E-state index < -0.39 is 11.4 Å². The molecular weight excluding hydrogens is 471 g/mol.